The zero-order chi connectivity index (χ0) is 20.8. The van der Waals surface area contributed by atoms with Crippen molar-refractivity contribution in [2.75, 3.05) is 0 Å². The number of allylic oxidation sites excluding steroid dienone is 3. The Bertz CT molecular complexity index is 982. The van der Waals surface area contributed by atoms with Gasteiger partial charge in [-0.2, -0.15) is 0 Å². The fourth-order valence-corrected chi connectivity index (χ4v) is 4.33. The minimum atomic E-state index is -0.928. The van der Waals surface area contributed by atoms with Crippen molar-refractivity contribution in [3.8, 4) is 0 Å². The highest BCUT2D eigenvalue weighted by atomic mass is 16.6. The second-order valence-electron chi connectivity index (χ2n) is 8.14. The van der Waals surface area contributed by atoms with E-state index in [0.29, 0.717) is 17.8 Å². The van der Waals surface area contributed by atoms with E-state index in [2.05, 4.69) is 6.92 Å². The summed E-state index contributed by atoms with van der Waals surface area (Å²) in [6.45, 7) is 5.82. The first-order chi connectivity index (χ1) is 13.8. The number of rotatable bonds is 3. The standard InChI is InChI=1S/C24H24O5/c1-14-18-13-24(3)15(2)22(19(25)11-17(24)12-20(18)28-23(14)27)29-21(26)10-9-16-7-5-4-6-8-16/h4-12,15,19,22,25H,13H2,1-3H3/t15-,19-,22+,24+/m0/s1. The van der Waals surface area contributed by atoms with Crippen molar-refractivity contribution in [2.24, 2.45) is 11.3 Å². The quantitative estimate of drug-likeness (QED) is 0.627. The normalized spacial score (nSPS) is 31.0. The molecule has 0 aromatic heterocycles. The number of carbonyl (C=O) groups excluding carboxylic acids is 2. The summed E-state index contributed by atoms with van der Waals surface area (Å²) >= 11 is 0. The number of fused-ring (bicyclic) bond motifs is 2. The van der Waals surface area contributed by atoms with Crippen LogP contribution in [0.3, 0.4) is 0 Å². The highest BCUT2D eigenvalue weighted by Crippen LogP contribution is 2.53. The number of ether oxygens (including phenoxy) is 2. The van der Waals surface area contributed by atoms with Gasteiger partial charge in [-0.25, -0.2) is 9.59 Å². The van der Waals surface area contributed by atoms with Gasteiger partial charge in [0.1, 0.15) is 18.0 Å². The molecule has 0 bridgehead atoms. The predicted molar refractivity (Wildman–Crippen MR) is 108 cm³/mol. The lowest BCUT2D eigenvalue weighted by atomic mass is 9.60. The van der Waals surface area contributed by atoms with Gasteiger partial charge in [0.15, 0.2) is 0 Å². The Morgan fingerprint density at radius 3 is 2.76 bits per heavy atom. The molecule has 5 heteroatoms. The van der Waals surface area contributed by atoms with Crippen LogP contribution in [0.15, 0.2) is 71.0 Å². The minimum Gasteiger partial charge on any atom is -0.456 e. The number of aliphatic hydroxyl groups excluding tert-OH is 1. The lowest BCUT2D eigenvalue weighted by Gasteiger charge is -2.47. The average Bonchev–Trinajstić information content (AvgIpc) is 2.97. The number of esters is 2. The Morgan fingerprint density at radius 2 is 2.03 bits per heavy atom. The zero-order valence-corrected chi connectivity index (χ0v) is 16.7. The van der Waals surface area contributed by atoms with Crippen molar-refractivity contribution in [2.45, 2.75) is 39.4 Å². The van der Waals surface area contributed by atoms with Gasteiger partial charge in [0, 0.05) is 28.6 Å². The van der Waals surface area contributed by atoms with Crippen molar-refractivity contribution >= 4 is 18.0 Å². The van der Waals surface area contributed by atoms with E-state index in [1.807, 2.05) is 43.3 Å². The Balaban J connectivity index is 1.57. The van der Waals surface area contributed by atoms with Gasteiger partial charge >= 0.3 is 11.9 Å². The maximum Gasteiger partial charge on any atom is 0.339 e. The van der Waals surface area contributed by atoms with Crippen LogP contribution in [0.1, 0.15) is 32.8 Å². The van der Waals surface area contributed by atoms with Crippen LogP contribution in [-0.2, 0) is 19.1 Å². The van der Waals surface area contributed by atoms with Gasteiger partial charge in [0.05, 0.1) is 0 Å². The molecule has 5 nitrogen and oxygen atoms in total. The summed E-state index contributed by atoms with van der Waals surface area (Å²) in [5, 5.41) is 10.6. The summed E-state index contributed by atoms with van der Waals surface area (Å²) < 4.78 is 11.0. The predicted octanol–water partition coefficient (Wildman–Crippen LogP) is 3.72. The first-order valence-corrected chi connectivity index (χ1v) is 9.78. The lowest BCUT2D eigenvalue weighted by molar-refractivity contribution is -0.155. The van der Waals surface area contributed by atoms with Crippen LogP contribution in [0.5, 0.6) is 0 Å². The summed E-state index contributed by atoms with van der Waals surface area (Å²) in [7, 11) is 0. The van der Waals surface area contributed by atoms with Crippen LogP contribution in [0.2, 0.25) is 0 Å². The number of hydrogen-bond acceptors (Lipinski definition) is 5. The number of hydrogen-bond donors (Lipinski definition) is 1. The van der Waals surface area contributed by atoms with E-state index >= 15 is 0 Å². The first kappa shape index (κ1) is 19.4. The summed E-state index contributed by atoms with van der Waals surface area (Å²) in [6, 6.07) is 9.48. The highest BCUT2D eigenvalue weighted by molar-refractivity contribution is 5.94. The molecule has 1 aliphatic heterocycles. The third-order valence-electron chi connectivity index (χ3n) is 6.40. The van der Waals surface area contributed by atoms with Crippen LogP contribution in [0.4, 0.5) is 0 Å². The van der Waals surface area contributed by atoms with Gasteiger partial charge < -0.3 is 14.6 Å². The van der Waals surface area contributed by atoms with E-state index < -0.39 is 18.2 Å². The van der Waals surface area contributed by atoms with E-state index in [1.54, 1.807) is 19.1 Å². The molecule has 0 radical (unpaired) electrons. The third-order valence-corrected chi connectivity index (χ3v) is 6.40. The molecule has 0 amide bonds. The second kappa shape index (κ2) is 7.16. The van der Waals surface area contributed by atoms with Crippen LogP contribution in [0.25, 0.3) is 6.08 Å². The molecular weight excluding hydrogens is 368 g/mol. The van der Waals surface area contributed by atoms with Crippen LogP contribution < -0.4 is 0 Å². The molecular formula is C24H24O5. The molecule has 150 valence electrons. The van der Waals surface area contributed by atoms with E-state index in [-0.39, 0.29) is 17.3 Å². The average molecular weight is 392 g/mol. The maximum atomic E-state index is 12.4. The number of carbonyl (C=O) groups is 2. The summed E-state index contributed by atoms with van der Waals surface area (Å²) in [5.74, 6) is -0.402. The van der Waals surface area contributed by atoms with E-state index in [1.165, 1.54) is 6.08 Å². The molecule has 0 saturated carbocycles. The van der Waals surface area contributed by atoms with Crippen LogP contribution >= 0.6 is 0 Å². The van der Waals surface area contributed by atoms with Crippen molar-refractivity contribution in [1.82, 2.24) is 0 Å². The fraction of sp³-hybridized carbons (Fsp3) is 0.333. The monoisotopic (exact) mass is 392 g/mol. The Hall–Kier alpha value is -2.92. The Morgan fingerprint density at radius 1 is 1.31 bits per heavy atom. The molecule has 4 atom stereocenters. The molecule has 4 rings (SSSR count). The van der Waals surface area contributed by atoms with Gasteiger partial charge in [-0.05, 0) is 42.7 Å². The number of benzene rings is 1. The molecule has 2 aliphatic carbocycles. The fourth-order valence-electron chi connectivity index (χ4n) is 4.33. The van der Waals surface area contributed by atoms with E-state index in [4.69, 9.17) is 9.47 Å². The smallest absolute Gasteiger partial charge is 0.339 e. The molecule has 1 aromatic carbocycles. The lowest BCUT2D eigenvalue weighted by Crippen LogP contribution is -2.48. The molecule has 0 unspecified atom stereocenters. The molecule has 3 aliphatic rings. The van der Waals surface area contributed by atoms with Gasteiger partial charge in [-0.15, -0.1) is 0 Å². The van der Waals surface area contributed by atoms with Gasteiger partial charge in [-0.1, -0.05) is 44.2 Å². The zero-order valence-electron chi connectivity index (χ0n) is 16.7. The summed E-state index contributed by atoms with van der Waals surface area (Å²) in [5.41, 5.74) is 2.95. The second-order valence-corrected chi connectivity index (χ2v) is 8.14. The van der Waals surface area contributed by atoms with E-state index in [0.717, 1.165) is 16.7 Å². The van der Waals surface area contributed by atoms with Crippen molar-refractivity contribution < 1.29 is 24.2 Å². The SMILES string of the molecule is CC1=C2C[C@@]3(C)C(=C[C@H](O)[C@H](OC(=O)C=Cc4ccccc4)[C@@H]3C)C=C2OC1=O. The molecule has 0 saturated heterocycles. The molecule has 1 N–H and O–H groups in total. The molecule has 29 heavy (non-hydrogen) atoms. The Kier molecular flexibility index (Phi) is 4.79. The summed E-state index contributed by atoms with van der Waals surface area (Å²) in [6.07, 6.45) is 5.62. The molecule has 1 heterocycles. The third kappa shape index (κ3) is 3.36. The topological polar surface area (TPSA) is 72.8 Å². The molecule has 1 aromatic rings. The minimum absolute atomic E-state index is 0.152. The largest absolute Gasteiger partial charge is 0.456 e. The van der Waals surface area contributed by atoms with Crippen molar-refractivity contribution in [3.05, 3.63) is 76.6 Å². The Labute approximate surface area is 170 Å². The first-order valence-electron chi connectivity index (χ1n) is 9.78. The highest BCUT2D eigenvalue weighted by Gasteiger charge is 2.50. The number of aliphatic hydroxyl groups is 1. The van der Waals surface area contributed by atoms with Crippen LogP contribution in [-0.4, -0.2) is 29.3 Å². The van der Waals surface area contributed by atoms with Gasteiger partial charge in [0.2, 0.25) is 0 Å². The van der Waals surface area contributed by atoms with Crippen LogP contribution in [0, 0.1) is 11.3 Å². The van der Waals surface area contributed by atoms with Gasteiger partial charge in [0.25, 0.3) is 0 Å². The van der Waals surface area contributed by atoms with Crippen molar-refractivity contribution in [3.63, 3.8) is 0 Å². The van der Waals surface area contributed by atoms with Gasteiger partial charge in [-0.3, -0.25) is 0 Å². The maximum absolute atomic E-state index is 12.4. The molecule has 0 fully saturated rings. The molecule has 0 spiro atoms. The van der Waals surface area contributed by atoms with E-state index in [9.17, 15) is 14.7 Å². The van der Waals surface area contributed by atoms with Crippen molar-refractivity contribution in [1.29, 1.82) is 0 Å². The summed E-state index contributed by atoms with van der Waals surface area (Å²) in [4.78, 5) is 24.3.